The van der Waals surface area contributed by atoms with Crippen molar-refractivity contribution in [2.75, 3.05) is 47.5 Å². The number of likely N-dealkylation sites (N-methyl/N-ethyl adjacent to an activating group) is 1. The Bertz CT molecular complexity index is 1480. The Kier molecular flexibility index (Phi) is 67.9. The summed E-state index contributed by atoms with van der Waals surface area (Å²) in [7, 11) is 6.00. The van der Waals surface area contributed by atoms with E-state index in [9.17, 15) is 19.5 Å². The van der Waals surface area contributed by atoms with Crippen LogP contribution in [0.5, 0.6) is 0 Å². The Morgan fingerprint density at radius 2 is 0.621 bits per heavy atom. The van der Waals surface area contributed by atoms with Gasteiger partial charge >= 0.3 is 17.9 Å². The van der Waals surface area contributed by atoms with Gasteiger partial charge in [0.15, 0.2) is 6.10 Å². The summed E-state index contributed by atoms with van der Waals surface area (Å²) in [5.41, 5.74) is 0. The molecule has 0 fully saturated rings. The molecular formula is C78H150NO8+. The van der Waals surface area contributed by atoms with Crippen LogP contribution < -0.4 is 0 Å². The van der Waals surface area contributed by atoms with E-state index in [-0.39, 0.29) is 38.2 Å². The SMILES string of the molecule is CCCCCCC/C=C\C/C=C\CCCCCCCCCCCCCCCCCCCCCCCCCCCCCCCC(=O)OC(COC(=O)CCCCCCCCCCCCCCCCCCCCCCC)COC(OCC[N+](C)(C)C)C(=O)O. The van der Waals surface area contributed by atoms with E-state index < -0.39 is 18.4 Å². The molecule has 0 aliphatic heterocycles. The summed E-state index contributed by atoms with van der Waals surface area (Å²) in [5, 5.41) is 9.75. The van der Waals surface area contributed by atoms with Gasteiger partial charge in [0.1, 0.15) is 13.2 Å². The van der Waals surface area contributed by atoms with Gasteiger partial charge in [0.25, 0.3) is 6.29 Å². The van der Waals surface area contributed by atoms with Crippen LogP contribution in [0.1, 0.15) is 399 Å². The summed E-state index contributed by atoms with van der Waals surface area (Å²) in [6.07, 6.45) is 84.8. The van der Waals surface area contributed by atoms with Crippen LogP contribution in [-0.4, -0.2) is 87.4 Å². The minimum Gasteiger partial charge on any atom is -0.477 e. The maximum atomic E-state index is 13.0. The molecule has 9 heteroatoms. The summed E-state index contributed by atoms with van der Waals surface area (Å²) >= 11 is 0. The van der Waals surface area contributed by atoms with Gasteiger partial charge in [-0.1, -0.05) is 366 Å². The number of hydrogen-bond acceptors (Lipinski definition) is 7. The summed E-state index contributed by atoms with van der Waals surface area (Å²) in [4.78, 5) is 37.6. The van der Waals surface area contributed by atoms with E-state index in [1.807, 2.05) is 21.1 Å². The van der Waals surface area contributed by atoms with Crippen LogP contribution in [0.25, 0.3) is 0 Å². The lowest BCUT2D eigenvalue weighted by Gasteiger charge is -2.25. The summed E-state index contributed by atoms with van der Waals surface area (Å²) in [5.74, 6) is -1.97. The number of carbonyl (C=O) groups excluding carboxylic acids is 2. The lowest BCUT2D eigenvalue weighted by atomic mass is 10.0. The topological polar surface area (TPSA) is 108 Å². The van der Waals surface area contributed by atoms with Crippen LogP contribution in [0.2, 0.25) is 0 Å². The fourth-order valence-electron chi connectivity index (χ4n) is 11.8. The molecule has 0 amide bonds. The second-order valence-electron chi connectivity index (χ2n) is 27.7. The van der Waals surface area contributed by atoms with Crippen molar-refractivity contribution in [3.05, 3.63) is 24.3 Å². The fraction of sp³-hybridized carbons (Fsp3) is 0.910. The van der Waals surface area contributed by atoms with E-state index in [4.69, 9.17) is 18.9 Å². The molecule has 514 valence electrons. The number of ether oxygens (including phenoxy) is 4. The molecule has 0 saturated heterocycles. The number of unbranched alkanes of at least 4 members (excludes halogenated alkanes) is 54. The molecule has 0 rings (SSSR count). The molecule has 0 bridgehead atoms. The molecule has 2 unspecified atom stereocenters. The smallest absolute Gasteiger partial charge is 0.361 e. The number of carboxylic acid groups (broad SMARTS) is 1. The monoisotopic (exact) mass is 1230 g/mol. The summed E-state index contributed by atoms with van der Waals surface area (Å²) < 4.78 is 23.0. The standard InChI is InChI=1S/C78H149NO8/c1-6-8-10-12-14-16-18-20-22-24-26-28-29-30-31-32-33-34-35-36-37-38-39-40-41-42-43-44-45-46-47-49-51-53-55-57-59-61-63-65-67-69-76(81)87-74(73-86-78(77(82)83)84-71-70-79(3,4)5)72-85-75(80)68-66-64-62-60-58-56-54-52-50-48-27-25-23-21-19-17-15-13-11-9-7-2/h18,20,24,26,74,78H,6-17,19,21-23,25,27-73H2,1-5H3/p+1/b20-18-,26-24-. The molecular weight excluding hydrogens is 1080 g/mol. The van der Waals surface area contributed by atoms with Gasteiger partial charge in [0.2, 0.25) is 0 Å². The van der Waals surface area contributed by atoms with E-state index in [0.29, 0.717) is 17.4 Å². The average Bonchev–Trinajstić information content (AvgIpc) is 3.59. The highest BCUT2D eigenvalue weighted by atomic mass is 16.7. The van der Waals surface area contributed by atoms with E-state index in [2.05, 4.69) is 38.2 Å². The van der Waals surface area contributed by atoms with Gasteiger partial charge in [-0.05, 0) is 44.9 Å². The highest BCUT2D eigenvalue weighted by Crippen LogP contribution is 2.20. The first-order chi connectivity index (χ1) is 42.6. The van der Waals surface area contributed by atoms with Crippen molar-refractivity contribution >= 4 is 17.9 Å². The van der Waals surface area contributed by atoms with Gasteiger partial charge in [-0.25, -0.2) is 4.79 Å². The largest absolute Gasteiger partial charge is 0.477 e. The van der Waals surface area contributed by atoms with E-state index in [0.717, 1.165) is 44.9 Å². The number of quaternary nitrogens is 1. The Labute approximate surface area is 541 Å². The third-order valence-electron chi connectivity index (χ3n) is 17.7. The average molecular weight is 1230 g/mol. The van der Waals surface area contributed by atoms with Crippen LogP contribution in [0, 0.1) is 0 Å². The third-order valence-corrected chi connectivity index (χ3v) is 17.7. The van der Waals surface area contributed by atoms with Gasteiger partial charge < -0.3 is 28.5 Å². The van der Waals surface area contributed by atoms with Crippen LogP contribution >= 0.6 is 0 Å². The van der Waals surface area contributed by atoms with Crippen molar-refractivity contribution in [3.63, 3.8) is 0 Å². The first-order valence-corrected chi connectivity index (χ1v) is 38.5. The fourth-order valence-corrected chi connectivity index (χ4v) is 11.8. The number of rotatable bonds is 73. The lowest BCUT2D eigenvalue weighted by molar-refractivity contribution is -0.870. The van der Waals surface area contributed by atoms with Gasteiger partial charge in [-0.15, -0.1) is 0 Å². The highest BCUT2D eigenvalue weighted by Gasteiger charge is 2.25. The maximum Gasteiger partial charge on any atom is 0.361 e. The van der Waals surface area contributed by atoms with Crippen molar-refractivity contribution in [1.82, 2.24) is 0 Å². The van der Waals surface area contributed by atoms with Crippen LogP contribution in [-0.2, 0) is 33.3 Å². The number of esters is 2. The lowest BCUT2D eigenvalue weighted by Crippen LogP contribution is -2.40. The third kappa shape index (κ3) is 71.1. The number of aliphatic carboxylic acids is 1. The molecule has 0 saturated carbocycles. The molecule has 0 aliphatic carbocycles. The molecule has 0 heterocycles. The second kappa shape index (κ2) is 69.7. The van der Waals surface area contributed by atoms with E-state index in [1.54, 1.807) is 0 Å². The zero-order valence-corrected chi connectivity index (χ0v) is 59.0. The van der Waals surface area contributed by atoms with Crippen molar-refractivity contribution in [1.29, 1.82) is 0 Å². The van der Waals surface area contributed by atoms with Crippen LogP contribution in [0.15, 0.2) is 24.3 Å². The Morgan fingerprint density at radius 3 is 0.908 bits per heavy atom. The van der Waals surface area contributed by atoms with Gasteiger partial charge in [0, 0.05) is 12.8 Å². The summed E-state index contributed by atoms with van der Waals surface area (Å²) in [6, 6.07) is 0. The van der Waals surface area contributed by atoms with Crippen molar-refractivity contribution in [2.24, 2.45) is 0 Å². The zero-order chi connectivity index (χ0) is 63.3. The minimum atomic E-state index is -1.51. The molecule has 0 radical (unpaired) electrons. The highest BCUT2D eigenvalue weighted by molar-refractivity contribution is 5.71. The maximum absolute atomic E-state index is 13.0. The molecule has 0 aliphatic rings. The molecule has 2 atom stereocenters. The van der Waals surface area contributed by atoms with E-state index in [1.165, 1.54) is 327 Å². The molecule has 9 nitrogen and oxygen atoms in total. The Morgan fingerprint density at radius 1 is 0.345 bits per heavy atom. The molecule has 0 spiro atoms. The molecule has 87 heavy (non-hydrogen) atoms. The minimum absolute atomic E-state index is 0.173. The van der Waals surface area contributed by atoms with Crippen LogP contribution in [0.3, 0.4) is 0 Å². The number of nitrogens with zero attached hydrogens (tertiary/aromatic N) is 1. The van der Waals surface area contributed by atoms with Crippen LogP contribution in [0.4, 0.5) is 0 Å². The molecule has 0 aromatic heterocycles. The normalized spacial score (nSPS) is 12.7. The molecule has 0 aromatic carbocycles. The van der Waals surface area contributed by atoms with Gasteiger partial charge in [-0.2, -0.15) is 0 Å². The first-order valence-electron chi connectivity index (χ1n) is 38.5. The summed E-state index contributed by atoms with van der Waals surface area (Å²) in [6.45, 7) is 4.95. The first kappa shape index (κ1) is 84.8. The number of hydrogen-bond donors (Lipinski definition) is 1. The van der Waals surface area contributed by atoms with Gasteiger partial charge in [0.05, 0.1) is 34.4 Å². The Balaban J connectivity index is 3.91. The predicted molar refractivity (Wildman–Crippen MR) is 374 cm³/mol. The second-order valence-corrected chi connectivity index (χ2v) is 27.7. The van der Waals surface area contributed by atoms with E-state index >= 15 is 0 Å². The van der Waals surface area contributed by atoms with Crippen molar-refractivity contribution < 1.29 is 42.9 Å². The number of carbonyl (C=O) groups is 3. The number of allylic oxidation sites excluding steroid dienone is 4. The van der Waals surface area contributed by atoms with Gasteiger partial charge in [-0.3, -0.25) is 9.59 Å². The number of carboxylic acids is 1. The zero-order valence-electron chi connectivity index (χ0n) is 59.0. The van der Waals surface area contributed by atoms with Crippen molar-refractivity contribution in [3.8, 4) is 0 Å². The quantitative estimate of drug-likeness (QED) is 0.0211. The molecule has 1 N–H and O–H groups in total. The molecule has 0 aromatic rings. The predicted octanol–water partition coefficient (Wildman–Crippen LogP) is 24.1. The van der Waals surface area contributed by atoms with Crippen molar-refractivity contribution in [2.45, 2.75) is 411 Å². The Hall–Kier alpha value is -2.23.